The number of hydrogen-bond acceptors (Lipinski definition) is 12. The highest BCUT2D eigenvalue weighted by Gasteiger charge is 2.45. The zero-order chi connectivity index (χ0) is 25.7. The molecule has 0 amide bonds. The molecule has 0 aromatic heterocycles. The van der Waals surface area contributed by atoms with Gasteiger partial charge in [-0.2, -0.15) is 0 Å². The smallest absolute Gasteiger partial charge is 0.338 e. The van der Waals surface area contributed by atoms with Gasteiger partial charge in [0.15, 0.2) is 23.0 Å². The van der Waals surface area contributed by atoms with E-state index in [1.54, 1.807) is 6.07 Å². The maximum Gasteiger partial charge on any atom is 0.338 e. The molecule has 0 bridgehead atoms. The van der Waals surface area contributed by atoms with E-state index in [-0.39, 0.29) is 40.9 Å². The van der Waals surface area contributed by atoms with Gasteiger partial charge >= 0.3 is 5.97 Å². The van der Waals surface area contributed by atoms with Crippen LogP contribution in [0.4, 0.5) is 0 Å². The average Bonchev–Trinajstić information content (AvgIpc) is 2.88. The Kier molecular flexibility index (Phi) is 8.59. The molecule has 12 nitrogen and oxygen atoms in total. The third-order valence-electron chi connectivity index (χ3n) is 5.42. The molecule has 5 N–H and O–H groups in total. The van der Waals surface area contributed by atoms with Crippen LogP contribution in [0.5, 0.6) is 28.7 Å². The largest absolute Gasteiger partial charge is 0.502 e. The van der Waals surface area contributed by atoms with E-state index in [0.29, 0.717) is 5.56 Å². The zero-order valence-corrected chi connectivity index (χ0v) is 19.3. The lowest BCUT2D eigenvalue weighted by atomic mass is 9.99. The quantitative estimate of drug-likeness (QED) is 0.293. The van der Waals surface area contributed by atoms with Crippen LogP contribution in [0.25, 0.3) is 0 Å². The van der Waals surface area contributed by atoms with Gasteiger partial charge in [-0.1, -0.05) is 6.07 Å². The first-order chi connectivity index (χ1) is 16.7. The summed E-state index contributed by atoms with van der Waals surface area (Å²) in [6, 6.07) is 7.06. The van der Waals surface area contributed by atoms with Crippen LogP contribution in [0.1, 0.15) is 15.9 Å². The molecule has 1 heterocycles. The first-order valence-corrected chi connectivity index (χ1v) is 10.5. The molecule has 0 radical (unpaired) electrons. The van der Waals surface area contributed by atoms with Gasteiger partial charge in [0.25, 0.3) is 0 Å². The van der Waals surface area contributed by atoms with Gasteiger partial charge in [-0.25, -0.2) is 4.79 Å². The van der Waals surface area contributed by atoms with Crippen molar-refractivity contribution in [3.63, 3.8) is 0 Å². The molecule has 1 aliphatic rings. The lowest BCUT2D eigenvalue weighted by Gasteiger charge is -2.40. The first-order valence-electron chi connectivity index (χ1n) is 10.5. The van der Waals surface area contributed by atoms with Gasteiger partial charge in [0, 0.05) is 0 Å². The zero-order valence-electron chi connectivity index (χ0n) is 19.3. The number of hydrogen-bond donors (Lipinski definition) is 5. The highest BCUT2D eigenvalue weighted by atomic mass is 16.7. The van der Waals surface area contributed by atoms with Crippen LogP contribution in [0, 0.1) is 0 Å². The number of aliphatic hydroxyl groups is 4. The number of aromatic hydroxyl groups is 1. The van der Waals surface area contributed by atoms with Crippen LogP contribution in [-0.4, -0.2) is 90.1 Å². The molecule has 2 aromatic rings. The summed E-state index contributed by atoms with van der Waals surface area (Å²) in [6.07, 6.45) is -7.61. The van der Waals surface area contributed by atoms with Crippen LogP contribution in [0.15, 0.2) is 30.3 Å². The van der Waals surface area contributed by atoms with E-state index in [4.69, 9.17) is 28.4 Å². The molecule has 35 heavy (non-hydrogen) atoms. The average molecular weight is 496 g/mol. The summed E-state index contributed by atoms with van der Waals surface area (Å²) in [5, 5.41) is 50.3. The van der Waals surface area contributed by atoms with Gasteiger partial charge in [0.2, 0.25) is 12.0 Å². The molecule has 1 aliphatic heterocycles. The number of phenols is 1. The Morgan fingerprint density at radius 1 is 0.886 bits per heavy atom. The highest BCUT2D eigenvalue weighted by Crippen LogP contribution is 2.37. The Hall–Kier alpha value is -3.29. The first kappa shape index (κ1) is 26.3. The minimum atomic E-state index is -1.67. The van der Waals surface area contributed by atoms with Crippen LogP contribution >= 0.6 is 0 Å². The summed E-state index contributed by atoms with van der Waals surface area (Å²) >= 11 is 0. The number of carbonyl (C=O) groups excluding carboxylic acids is 1. The monoisotopic (exact) mass is 496 g/mol. The number of methoxy groups -OCH3 is 3. The van der Waals surface area contributed by atoms with Gasteiger partial charge in [-0.15, -0.1) is 0 Å². The van der Waals surface area contributed by atoms with Crippen molar-refractivity contribution >= 4 is 5.97 Å². The number of esters is 1. The second-order valence-electron chi connectivity index (χ2n) is 7.60. The number of rotatable bonds is 9. The fraction of sp³-hybridized carbons (Fsp3) is 0.435. The molecule has 0 spiro atoms. The number of benzene rings is 2. The van der Waals surface area contributed by atoms with Crippen molar-refractivity contribution < 1.29 is 58.7 Å². The van der Waals surface area contributed by atoms with Crippen LogP contribution in [-0.2, 0) is 16.1 Å². The summed E-state index contributed by atoms with van der Waals surface area (Å²) in [4.78, 5) is 12.6. The summed E-state index contributed by atoms with van der Waals surface area (Å²) in [5.41, 5.74) is 0.547. The SMILES string of the molecule is COc1cc(CO)ccc1O[C@@H]1O[C@H](COC(=O)c2cc(OC)c(O)c(OC)c2)[C@@H](O)[C@H](O)[C@H]1O. The number of ether oxygens (including phenoxy) is 6. The molecule has 5 atom stereocenters. The maximum atomic E-state index is 12.6. The van der Waals surface area contributed by atoms with E-state index in [1.165, 1.54) is 45.6 Å². The predicted octanol–water partition coefficient (Wildman–Crippen LogP) is -0.0463. The predicted molar refractivity (Wildman–Crippen MR) is 118 cm³/mol. The Morgan fingerprint density at radius 3 is 2.09 bits per heavy atom. The molecule has 0 saturated carbocycles. The van der Waals surface area contributed by atoms with E-state index in [1.807, 2.05) is 0 Å². The molecular formula is C23H28O12. The standard InChI is InChI=1S/C23H28O12/c1-30-14-6-11(9-24)4-5-13(14)34-23-21(28)20(27)19(26)17(35-23)10-33-22(29)12-7-15(31-2)18(25)16(8-12)32-3/h4-8,17,19-21,23-28H,9-10H2,1-3H3/t17-,19-,20+,21-,23-/m1/s1. The normalized spacial score (nSPS) is 23.9. The molecule has 1 saturated heterocycles. The van der Waals surface area contributed by atoms with Crippen molar-refractivity contribution in [3.8, 4) is 28.7 Å². The maximum absolute atomic E-state index is 12.6. The number of carbonyl (C=O) groups is 1. The van der Waals surface area contributed by atoms with E-state index in [9.17, 15) is 30.3 Å². The second kappa shape index (κ2) is 11.4. The number of aliphatic hydroxyl groups excluding tert-OH is 4. The van der Waals surface area contributed by atoms with Crippen molar-refractivity contribution in [2.75, 3.05) is 27.9 Å². The van der Waals surface area contributed by atoms with Crippen molar-refractivity contribution in [3.05, 3.63) is 41.5 Å². The van der Waals surface area contributed by atoms with Crippen molar-refractivity contribution in [1.82, 2.24) is 0 Å². The fourth-order valence-electron chi connectivity index (χ4n) is 3.44. The van der Waals surface area contributed by atoms with Crippen LogP contribution < -0.4 is 18.9 Å². The van der Waals surface area contributed by atoms with Gasteiger partial charge in [0.1, 0.15) is 31.0 Å². The van der Waals surface area contributed by atoms with Gasteiger partial charge in [-0.05, 0) is 29.8 Å². The van der Waals surface area contributed by atoms with E-state index < -0.39 is 43.3 Å². The minimum Gasteiger partial charge on any atom is -0.502 e. The Bertz CT molecular complexity index is 1000. The third kappa shape index (κ3) is 5.69. The van der Waals surface area contributed by atoms with Crippen molar-refractivity contribution in [1.29, 1.82) is 0 Å². The van der Waals surface area contributed by atoms with Crippen molar-refractivity contribution in [2.24, 2.45) is 0 Å². The Balaban J connectivity index is 1.73. The van der Waals surface area contributed by atoms with E-state index in [0.717, 1.165) is 0 Å². The van der Waals surface area contributed by atoms with Crippen molar-refractivity contribution in [2.45, 2.75) is 37.3 Å². The molecule has 192 valence electrons. The summed E-state index contributed by atoms with van der Waals surface area (Å²) in [6.45, 7) is -0.730. The molecule has 0 aliphatic carbocycles. The fourth-order valence-corrected chi connectivity index (χ4v) is 3.44. The molecule has 12 heteroatoms. The summed E-state index contributed by atoms with van der Waals surface area (Å²) in [7, 11) is 3.99. The molecular weight excluding hydrogens is 468 g/mol. The molecule has 2 aromatic carbocycles. The van der Waals surface area contributed by atoms with E-state index >= 15 is 0 Å². The molecule has 0 unspecified atom stereocenters. The summed E-state index contributed by atoms with van der Waals surface area (Å²) in [5.74, 6) is -0.784. The lowest BCUT2D eigenvalue weighted by molar-refractivity contribution is -0.277. The number of phenolic OH excluding ortho intramolecular Hbond substituents is 1. The van der Waals surface area contributed by atoms with E-state index in [2.05, 4.69) is 0 Å². The Morgan fingerprint density at radius 2 is 1.51 bits per heavy atom. The third-order valence-corrected chi connectivity index (χ3v) is 5.42. The minimum absolute atomic E-state index is 0.0103. The second-order valence-corrected chi connectivity index (χ2v) is 7.60. The summed E-state index contributed by atoms with van der Waals surface area (Å²) < 4.78 is 31.7. The van der Waals surface area contributed by atoms with Gasteiger partial charge in [-0.3, -0.25) is 0 Å². The van der Waals surface area contributed by atoms with Crippen LogP contribution in [0.2, 0.25) is 0 Å². The topological polar surface area (TPSA) is 174 Å². The Labute approximate surface area is 200 Å². The van der Waals surface area contributed by atoms with Gasteiger partial charge in [0.05, 0.1) is 33.5 Å². The molecule has 1 fully saturated rings. The molecule has 3 rings (SSSR count). The van der Waals surface area contributed by atoms with Crippen LogP contribution in [0.3, 0.4) is 0 Å². The van der Waals surface area contributed by atoms with Gasteiger partial charge < -0.3 is 54.0 Å². The lowest BCUT2D eigenvalue weighted by Crippen LogP contribution is -2.60. The highest BCUT2D eigenvalue weighted by molar-refractivity contribution is 5.91.